The van der Waals surface area contributed by atoms with Crippen LogP contribution in [0.2, 0.25) is 0 Å². The van der Waals surface area contributed by atoms with Crippen LogP contribution in [0.3, 0.4) is 0 Å². The number of rotatable bonds is 3. The molecule has 1 saturated carbocycles. The number of aromatic nitrogens is 4. The molecule has 1 aromatic carbocycles. The van der Waals surface area contributed by atoms with Crippen molar-refractivity contribution in [3.63, 3.8) is 0 Å². The summed E-state index contributed by atoms with van der Waals surface area (Å²) in [6, 6.07) is 8.08. The van der Waals surface area contributed by atoms with E-state index >= 15 is 0 Å². The van der Waals surface area contributed by atoms with Crippen molar-refractivity contribution in [3.8, 4) is 11.4 Å². The van der Waals surface area contributed by atoms with Gasteiger partial charge in [0.05, 0.1) is 0 Å². The van der Waals surface area contributed by atoms with Gasteiger partial charge in [0.25, 0.3) is 0 Å². The van der Waals surface area contributed by atoms with Gasteiger partial charge in [-0.2, -0.15) is 4.52 Å². The second kappa shape index (κ2) is 6.32. The van der Waals surface area contributed by atoms with E-state index in [1.165, 1.54) is 23.3 Å². The Morgan fingerprint density at radius 1 is 1.17 bits per heavy atom. The zero-order valence-electron chi connectivity index (χ0n) is 13.5. The summed E-state index contributed by atoms with van der Waals surface area (Å²) >= 11 is 1.35. The van der Waals surface area contributed by atoms with Crippen molar-refractivity contribution in [2.75, 3.05) is 5.32 Å². The van der Waals surface area contributed by atoms with E-state index in [0.717, 1.165) is 31.2 Å². The van der Waals surface area contributed by atoms with Crippen LogP contribution < -0.4 is 5.32 Å². The fourth-order valence-electron chi connectivity index (χ4n) is 3.12. The Balaban J connectivity index is 1.57. The third kappa shape index (κ3) is 2.91. The van der Waals surface area contributed by atoms with Gasteiger partial charge in [-0.3, -0.25) is 4.79 Å². The molecule has 24 heavy (non-hydrogen) atoms. The van der Waals surface area contributed by atoms with E-state index < -0.39 is 0 Å². The van der Waals surface area contributed by atoms with Crippen LogP contribution in [-0.2, 0) is 4.79 Å². The van der Waals surface area contributed by atoms with Gasteiger partial charge in [-0.25, -0.2) is 0 Å². The zero-order chi connectivity index (χ0) is 16.5. The number of hydrogen-bond acceptors (Lipinski definition) is 5. The summed E-state index contributed by atoms with van der Waals surface area (Å²) in [7, 11) is 0. The Kier molecular flexibility index (Phi) is 4.02. The van der Waals surface area contributed by atoms with Crippen molar-refractivity contribution in [1.82, 2.24) is 19.8 Å². The number of nitrogens with one attached hydrogen (secondary N) is 1. The largest absolute Gasteiger partial charge is 0.300 e. The fraction of sp³-hybridized carbons (Fsp3) is 0.412. The van der Waals surface area contributed by atoms with Gasteiger partial charge >= 0.3 is 0 Å². The first-order chi connectivity index (χ1) is 11.7. The molecular formula is C17H19N5OS. The molecule has 1 aliphatic rings. The summed E-state index contributed by atoms with van der Waals surface area (Å²) in [5, 5.41) is 16.4. The third-order valence-corrected chi connectivity index (χ3v) is 5.32. The maximum Gasteiger partial charge on any atom is 0.236 e. The average Bonchev–Trinajstić information content (AvgIpc) is 3.16. The maximum absolute atomic E-state index is 12.4. The standard InChI is InChI=1S/C17H19N5OS/c1-11-7-9-12(10-8-11)14-19-20-17-22(14)21-16(24-17)18-15(23)13-5-3-2-4-6-13/h7-10,13H,2-6H2,1H3,(H,18,21,23). The Labute approximate surface area is 143 Å². The minimum atomic E-state index is 0.0801. The van der Waals surface area contributed by atoms with Gasteiger partial charge in [-0.1, -0.05) is 60.4 Å². The van der Waals surface area contributed by atoms with Crippen LogP contribution in [0, 0.1) is 12.8 Å². The SMILES string of the molecule is Cc1ccc(-c2nnc3sc(NC(=O)C4CCCCC4)nn23)cc1. The number of fused-ring (bicyclic) bond motifs is 1. The van der Waals surface area contributed by atoms with E-state index in [1.807, 2.05) is 31.2 Å². The number of nitrogens with zero attached hydrogens (tertiary/aromatic N) is 4. The molecule has 7 heteroatoms. The molecular weight excluding hydrogens is 322 g/mol. The van der Waals surface area contributed by atoms with Gasteiger partial charge in [0.1, 0.15) is 0 Å². The first-order valence-corrected chi connectivity index (χ1v) is 9.12. The Hall–Kier alpha value is -2.28. The molecule has 0 saturated heterocycles. The molecule has 1 amide bonds. The lowest BCUT2D eigenvalue weighted by atomic mass is 9.89. The minimum absolute atomic E-state index is 0.0801. The van der Waals surface area contributed by atoms with E-state index in [2.05, 4.69) is 20.6 Å². The lowest BCUT2D eigenvalue weighted by Gasteiger charge is -2.19. The lowest BCUT2D eigenvalue weighted by Crippen LogP contribution is -2.24. The molecule has 1 N–H and O–H groups in total. The van der Waals surface area contributed by atoms with E-state index in [9.17, 15) is 4.79 Å². The van der Waals surface area contributed by atoms with Crippen molar-refractivity contribution in [3.05, 3.63) is 29.8 Å². The number of carbonyl (C=O) groups is 1. The van der Waals surface area contributed by atoms with Crippen molar-refractivity contribution < 1.29 is 4.79 Å². The van der Waals surface area contributed by atoms with Gasteiger partial charge in [0, 0.05) is 11.5 Å². The Morgan fingerprint density at radius 2 is 1.92 bits per heavy atom. The van der Waals surface area contributed by atoms with E-state index in [-0.39, 0.29) is 11.8 Å². The summed E-state index contributed by atoms with van der Waals surface area (Å²) < 4.78 is 1.70. The predicted octanol–water partition coefficient (Wildman–Crippen LogP) is 3.68. The van der Waals surface area contributed by atoms with Gasteiger partial charge in [0.2, 0.25) is 16.0 Å². The molecule has 0 bridgehead atoms. The van der Waals surface area contributed by atoms with Crippen LogP contribution in [0.15, 0.2) is 24.3 Å². The molecule has 0 unspecified atom stereocenters. The van der Waals surface area contributed by atoms with Crippen LogP contribution in [0.25, 0.3) is 16.3 Å². The molecule has 4 rings (SSSR count). The second-order valence-corrected chi connectivity index (χ2v) is 7.27. The first-order valence-electron chi connectivity index (χ1n) is 8.31. The lowest BCUT2D eigenvalue weighted by molar-refractivity contribution is -0.120. The topological polar surface area (TPSA) is 72.2 Å². The monoisotopic (exact) mass is 341 g/mol. The molecule has 2 aromatic heterocycles. The Morgan fingerprint density at radius 3 is 2.67 bits per heavy atom. The van der Waals surface area contributed by atoms with Gasteiger partial charge in [-0.05, 0) is 19.8 Å². The second-order valence-electron chi connectivity index (χ2n) is 6.32. The molecule has 6 nitrogen and oxygen atoms in total. The minimum Gasteiger partial charge on any atom is -0.300 e. The average molecular weight is 341 g/mol. The summed E-state index contributed by atoms with van der Waals surface area (Å²) in [5.41, 5.74) is 2.15. The first kappa shape index (κ1) is 15.3. The fourth-order valence-corrected chi connectivity index (χ4v) is 3.86. The van der Waals surface area contributed by atoms with Gasteiger partial charge in [0.15, 0.2) is 5.82 Å². The van der Waals surface area contributed by atoms with Crippen LogP contribution in [0.1, 0.15) is 37.7 Å². The Bertz CT molecular complexity index is 861. The number of hydrogen-bond donors (Lipinski definition) is 1. The van der Waals surface area contributed by atoms with Crippen molar-refractivity contribution in [2.24, 2.45) is 5.92 Å². The molecule has 1 fully saturated rings. The molecule has 1 aliphatic carbocycles. The highest BCUT2D eigenvalue weighted by Gasteiger charge is 2.22. The number of benzene rings is 1. The summed E-state index contributed by atoms with van der Waals surface area (Å²) in [4.78, 5) is 13.1. The van der Waals surface area contributed by atoms with Crippen LogP contribution in [0.5, 0.6) is 0 Å². The highest BCUT2D eigenvalue weighted by molar-refractivity contribution is 7.20. The van der Waals surface area contributed by atoms with E-state index in [4.69, 9.17) is 0 Å². The van der Waals surface area contributed by atoms with Crippen LogP contribution in [-0.4, -0.2) is 25.7 Å². The molecule has 124 valence electrons. The smallest absolute Gasteiger partial charge is 0.236 e. The number of amides is 1. The summed E-state index contributed by atoms with van der Waals surface area (Å²) in [6.45, 7) is 2.05. The molecule has 3 aromatic rings. The summed E-state index contributed by atoms with van der Waals surface area (Å²) in [6.07, 6.45) is 5.47. The third-order valence-electron chi connectivity index (χ3n) is 4.51. The predicted molar refractivity (Wildman–Crippen MR) is 94.0 cm³/mol. The summed E-state index contributed by atoms with van der Waals surface area (Å²) in [5.74, 6) is 0.889. The molecule has 0 spiro atoms. The van der Waals surface area contributed by atoms with E-state index in [1.54, 1.807) is 4.52 Å². The number of aryl methyl sites for hydroxylation is 1. The quantitative estimate of drug-likeness (QED) is 0.789. The number of carbonyl (C=O) groups excluding carboxylic acids is 1. The molecule has 0 aliphatic heterocycles. The zero-order valence-corrected chi connectivity index (χ0v) is 14.3. The normalized spacial score (nSPS) is 15.7. The van der Waals surface area contributed by atoms with Crippen molar-refractivity contribution in [1.29, 1.82) is 0 Å². The highest BCUT2D eigenvalue weighted by Crippen LogP contribution is 2.27. The van der Waals surface area contributed by atoms with Crippen LogP contribution >= 0.6 is 11.3 Å². The molecule has 2 heterocycles. The van der Waals surface area contributed by atoms with Gasteiger partial charge in [-0.15, -0.1) is 15.3 Å². The van der Waals surface area contributed by atoms with E-state index in [0.29, 0.717) is 15.9 Å². The highest BCUT2D eigenvalue weighted by atomic mass is 32.1. The maximum atomic E-state index is 12.4. The van der Waals surface area contributed by atoms with Crippen molar-refractivity contribution in [2.45, 2.75) is 39.0 Å². The van der Waals surface area contributed by atoms with Crippen molar-refractivity contribution >= 4 is 27.3 Å². The molecule has 0 atom stereocenters. The van der Waals surface area contributed by atoms with Gasteiger partial charge < -0.3 is 5.32 Å². The number of anilines is 1. The molecule has 0 radical (unpaired) electrons. The van der Waals surface area contributed by atoms with Crippen LogP contribution in [0.4, 0.5) is 5.13 Å².